The van der Waals surface area contributed by atoms with Crippen molar-refractivity contribution in [2.24, 2.45) is 0 Å². The number of amides is 1. The summed E-state index contributed by atoms with van der Waals surface area (Å²) < 4.78 is 41.5. The second kappa shape index (κ2) is 9.70. The average molecular weight is 474 g/mol. The summed E-state index contributed by atoms with van der Waals surface area (Å²) >= 11 is 1.02. The molecule has 0 aliphatic carbocycles. The van der Waals surface area contributed by atoms with Crippen LogP contribution in [0.15, 0.2) is 70.3 Å². The summed E-state index contributed by atoms with van der Waals surface area (Å²) in [6, 6.07) is 16.5. The van der Waals surface area contributed by atoms with E-state index in [9.17, 15) is 17.6 Å². The Morgan fingerprint density at radius 2 is 1.75 bits per heavy atom. The van der Waals surface area contributed by atoms with E-state index in [4.69, 9.17) is 0 Å². The van der Waals surface area contributed by atoms with Crippen LogP contribution in [0.5, 0.6) is 0 Å². The second-order valence-electron chi connectivity index (χ2n) is 7.53. The first-order chi connectivity index (χ1) is 15.4. The molecule has 2 aromatic carbocycles. The highest BCUT2D eigenvalue weighted by molar-refractivity contribution is 7.94. The number of sulfonamides is 1. The third kappa shape index (κ3) is 4.94. The van der Waals surface area contributed by atoms with Crippen LogP contribution >= 0.6 is 11.3 Å². The molecule has 32 heavy (non-hydrogen) atoms. The minimum Gasteiger partial charge on any atom is -0.372 e. The lowest BCUT2D eigenvalue weighted by Gasteiger charge is -2.23. The molecule has 1 aromatic heterocycles. The highest BCUT2D eigenvalue weighted by atomic mass is 32.2. The van der Waals surface area contributed by atoms with Gasteiger partial charge in [-0.15, -0.1) is 11.3 Å². The molecule has 9 heteroatoms. The first-order valence-corrected chi connectivity index (χ1v) is 12.7. The lowest BCUT2D eigenvalue weighted by Crippen LogP contribution is -2.40. The molecule has 1 saturated heterocycles. The number of anilines is 2. The largest absolute Gasteiger partial charge is 0.372 e. The van der Waals surface area contributed by atoms with E-state index in [1.54, 1.807) is 11.4 Å². The molecule has 1 amide bonds. The van der Waals surface area contributed by atoms with Gasteiger partial charge in [0, 0.05) is 25.3 Å². The number of halogens is 1. The Bertz CT molecular complexity index is 1160. The number of carbonyl (C=O) groups excluding carboxylic acids is 1. The third-order valence-corrected chi connectivity index (χ3v) is 8.48. The molecule has 0 radical (unpaired) electrons. The fourth-order valence-electron chi connectivity index (χ4n) is 3.66. The summed E-state index contributed by atoms with van der Waals surface area (Å²) in [5.74, 6) is -1.23. The van der Waals surface area contributed by atoms with Crippen molar-refractivity contribution < 1.29 is 17.6 Å². The van der Waals surface area contributed by atoms with Crippen molar-refractivity contribution in [1.29, 1.82) is 0 Å². The smallest absolute Gasteiger partial charge is 0.274 e. The van der Waals surface area contributed by atoms with Crippen LogP contribution in [0.4, 0.5) is 15.8 Å². The number of hydrogen-bond acceptors (Lipinski definition) is 5. The summed E-state index contributed by atoms with van der Waals surface area (Å²) in [5, 5.41) is 4.37. The fraction of sp³-hybridized carbons (Fsp3) is 0.261. The predicted molar refractivity (Wildman–Crippen MR) is 125 cm³/mol. The Hall–Kier alpha value is -2.91. The zero-order valence-electron chi connectivity index (χ0n) is 17.4. The molecule has 1 aliphatic rings. The molecule has 4 rings (SSSR count). The van der Waals surface area contributed by atoms with Gasteiger partial charge in [0.05, 0.1) is 5.69 Å². The van der Waals surface area contributed by atoms with Crippen LogP contribution in [0.2, 0.25) is 0 Å². The number of carbonyl (C=O) groups is 1. The molecule has 3 aromatic rings. The highest BCUT2D eigenvalue weighted by Gasteiger charge is 2.29. The normalized spacial score (nSPS) is 13.8. The maximum atomic E-state index is 14.4. The lowest BCUT2D eigenvalue weighted by molar-refractivity contribution is -0.119. The summed E-state index contributed by atoms with van der Waals surface area (Å²) in [6.45, 7) is 1.84. The van der Waals surface area contributed by atoms with Gasteiger partial charge in [-0.05, 0) is 54.1 Å². The minimum absolute atomic E-state index is 0.0473. The number of nitrogens with zero attached hydrogens (tertiary/aromatic N) is 2. The molecule has 0 atom stereocenters. The van der Waals surface area contributed by atoms with Gasteiger partial charge >= 0.3 is 0 Å². The zero-order valence-corrected chi connectivity index (χ0v) is 19.0. The van der Waals surface area contributed by atoms with Crippen LogP contribution in [0.3, 0.4) is 0 Å². The van der Waals surface area contributed by atoms with Crippen molar-refractivity contribution in [3.05, 3.63) is 77.4 Å². The van der Waals surface area contributed by atoms with Gasteiger partial charge in [-0.1, -0.05) is 30.3 Å². The summed E-state index contributed by atoms with van der Waals surface area (Å²) in [4.78, 5) is 15.0. The molecule has 1 fully saturated rings. The molecule has 6 nitrogen and oxygen atoms in total. The molecule has 0 saturated carbocycles. The van der Waals surface area contributed by atoms with E-state index in [2.05, 4.69) is 10.2 Å². The standard InChI is InChI=1S/C23H24FN3O3S2/c24-20-6-1-2-7-21(20)27(32(29,30)23-8-5-15-31-23)17-22(28)25-16-18-9-11-19(12-10-18)26-13-3-4-14-26/h1-2,5-12,15H,3-4,13-14,16-17H2,(H,25,28). The molecule has 0 unspecified atom stereocenters. The van der Waals surface area contributed by atoms with Gasteiger partial charge in [0.2, 0.25) is 5.91 Å². The molecule has 2 heterocycles. The third-order valence-electron chi connectivity index (χ3n) is 5.35. The predicted octanol–water partition coefficient (Wildman–Crippen LogP) is 4.00. The van der Waals surface area contributed by atoms with E-state index in [1.807, 2.05) is 24.3 Å². The van der Waals surface area contributed by atoms with Crippen molar-refractivity contribution in [2.75, 3.05) is 28.8 Å². The maximum Gasteiger partial charge on any atom is 0.274 e. The molecule has 1 N–H and O–H groups in total. The number of hydrogen-bond donors (Lipinski definition) is 1. The van der Waals surface area contributed by atoms with E-state index >= 15 is 0 Å². The Kier molecular flexibility index (Phi) is 6.76. The lowest BCUT2D eigenvalue weighted by atomic mass is 10.2. The molecule has 1 aliphatic heterocycles. The number of thiophene rings is 1. The Labute approximate surface area is 191 Å². The van der Waals surface area contributed by atoms with Crippen LogP contribution in [-0.2, 0) is 21.4 Å². The maximum absolute atomic E-state index is 14.4. The SMILES string of the molecule is O=C(CN(c1ccccc1F)S(=O)(=O)c1cccs1)NCc1ccc(N2CCCC2)cc1. The van der Waals surface area contributed by atoms with Crippen molar-refractivity contribution in [1.82, 2.24) is 5.32 Å². The van der Waals surface area contributed by atoms with E-state index in [-0.39, 0.29) is 16.4 Å². The quantitative estimate of drug-likeness (QED) is 0.537. The van der Waals surface area contributed by atoms with Crippen molar-refractivity contribution in [3.8, 4) is 0 Å². The van der Waals surface area contributed by atoms with E-state index in [0.717, 1.165) is 40.0 Å². The molecule has 168 valence electrons. The van der Waals surface area contributed by atoms with Crippen LogP contribution in [0.25, 0.3) is 0 Å². The van der Waals surface area contributed by atoms with Gasteiger partial charge in [0.25, 0.3) is 10.0 Å². The van der Waals surface area contributed by atoms with Crippen molar-refractivity contribution in [3.63, 3.8) is 0 Å². The summed E-state index contributed by atoms with van der Waals surface area (Å²) in [7, 11) is -4.08. The highest BCUT2D eigenvalue weighted by Crippen LogP contribution is 2.28. The van der Waals surface area contributed by atoms with Gasteiger partial charge in [0.1, 0.15) is 16.6 Å². The molecule has 0 bridgehead atoms. The number of nitrogens with one attached hydrogen (secondary N) is 1. The van der Waals surface area contributed by atoms with E-state index in [0.29, 0.717) is 0 Å². The summed E-state index contributed by atoms with van der Waals surface area (Å²) in [6.07, 6.45) is 2.40. The van der Waals surface area contributed by atoms with Gasteiger partial charge in [0.15, 0.2) is 0 Å². The number of benzene rings is 2. The van der Waals surface area contributed by atoms with Gasteiger partial charge in [-0.25, -0.2) is 12.8 Å². The molecular weight excluding hydrogens is 449 g/mol. The second-order valence-corrected chi connectivity index (χ2v) is 10.6. The van der Waals surface area contributed by atoms with Crippen LogP contribution in [0, 0.1) is 5.82 Å². The van der Waals surface area contributed by atoms with Crippen molar-refractivity contribution >= 4 is 38.6 Å². The Morgan fingerprint density at radius 3 is 2.41 bits per heavy atom. The van der Waals surface area contributed by atoms with Gasteiger partial charge in [-0.3, -0.25) is 9.10 Å². The Morgan fingerprint density at radius 1 is 1.03 bits per heavy atom. The van der Waals surface area contributed by atoms with E-state index in [1.165, 1.54) is 43.2 Å². The summed E-state index contributed by atoms with van der Waals surface area (Å²) in [5.41, 5.74) is 1.90. The zero-order chi connectivity index (χ0) is 22.6. The van der Waals surface area contributed by atoms with Gasteiger partial charge in [-0.2, -0.15) is 0 Å². The monoisotopic (exact) mass is 473 g/mol. The van der Waals surface area contributed by atoms with E-state index < -0.39 is 28.3 Å². The average Bonchev–Trinajstić information content (AvgIpc) is 3.52. The number of para-hydroxylation sites is 1. The first-order valence-electron chi connectivity index (χ1n) is 10.4. The topological polar surface area (TPSA) is 69.7 Å². The number of rotatable bonds is 8. The molecule has 0 spiro atoms. The molecular formula is C23H24FN3O3S2. The fourth-order valence-corrected chi connectivity index (χ4v) is 6.19. The Balaban J connectivity index is 1.46. The first kappa shape index (κ1) is 22.3. The minimum atomic E-state index is -4.08. The van der Waals surface area contributed by atoms with Crippen LogP contribution in [0.1, 0.15) is 18.4 Å². The van der Waals surface area contributed by atoms with Crippen molar-refractivity contribution in [2.45, 2.75) is 23.6 Å². The van der Waals surface area contributed by atoms with Crippen LogP contribution in [-0.4, -0.2) is 34.0 Å². The van der Waals surface area contributed by atoms with Gasteiger partial charge < -0.3 is 10.2 Å². The van der Waals surface area contributed by atoms with Crippen LogP contribution < -0.4 is 14.5 Å².